The zero-order valence-electron chi connectivity index (χ0n) is 9.66. The summed E-state index contributed by atoms with van der Waals surface area (Å²) in [5.74, 6) is -0.223. The Hall–Kier alpha value is -0.650. The van der Waals surface area contributed by atoms with Gasteiger partial charge in [-0.25, -0.2) is 0 Å². The zero-order chi connectivity index (χ0) is 11.3. The summed E-state index contributed by atoms with van der Waals surface area (Å²) in [5, 5.41) is 3.08. The maximum Gasteiger partial charge on any atom is 0.319 e. The van der Waals surface area contributed by atoms with E-state index in [1.807, 2.05) is 0 Å². The molecule has 0 aromatic heterocycles. The molecule has 0 aliphatic carbocycles. The van der Waals surface area contributed by atoms with Crippen molar-refractivity contribution in [1.82, 2.24) is 10.2 Å². The number of carbonyl (C=O) groups is 1. The van der Waals surface area contributed by atoms with Gasteiger partial charge in [0.2, 0.25) is 0 Å². The predicted octanol–water partition coefficient (Wildman–Crippen LogP) is -0.532. The third-order valence-electron chi connectivity index (χ3n) is 2.86. The molecule has 1 heterocycles. The second-order valence-corrected chi connectivity index (χ2v) is 3.89. The summed E-state index contributed by atoms with van der Waals surface area (Å²) in [5.41, 5.74) is 0. The van der Waals surface area contributed by atoms with Crippen LogP contribution in [0.3, 0.4) is 0 Å². The van der Waals surface area contributed by atoms with Crippen molar-refractivity contribution < 1.29 is 14.3 Å². The molecule has 1 rings (SSSR count). The monoisotopic (exact) mass is 216 g/mol. The molecule has 0 aromatic carbocycles. The fourth-order valence-electron chi connectivity index (χ4n) is 1.85. The normalized spacial score (nSPS) is 26.9. The van der Waals surface area contributed by atoms with E-state index in [4.69, 9.17) is 4.74 Å². The van der Waals surface area contributed by atoms with Crippen LogP contribution < -0.4 is 5.32 Å². The van der Waals surface area contributed by atoms with Crippen LogP contribution in [0.25, 0.3) is 0 Å². The van der Waals surface area contributed by atoms with Gasteiger partial charge in [0.1, 0.15) is 0 Å². The minimum atomic E-state index is -0.223. The Bertz CT molecular complexity index is 211. The van der Waals surface area contributed by atoms with E-state index >= 15 is 0 Å². The van der Waals surface area contributed by atoms with E-state index < -0.39 is 0 Å². The standard InChI is InChI=1S/C10H20N2O3/c1-12-7-9(14-2)4-8(12)5-11-6-10(13)15-3/h8-9,11H,4-7H2,1-3H3. The van der Waals surface area contributed by atoms with Gasteiger partial charge in [0.05, 0.1) is 19.8 Å². The number of hydrogen-bond donors (Lipinski definition) is 1. The highest BCUT2D eigenvalue weighted by Crippen LogP contribution is 2.16. The number of likely N-dealkylation sites (tertiary alicyclic amines) is 1. The molecule has 1 aliphatic rings. The Morgan fingerprint density at radius 3 is 2.80 bits per heavy atom. The topological polar surface area (TPSA) is 50.8 Å². The quantitative estimate of drug-likeness (QED) is 0.626. The molecule has 15 heavy (non-hydrogen) atoms. The van der Waals surface area contributed by atoms with Crippen LogP contribution >= 0.6 is 0 Å². The number of methoxy groups -OCH3 is 2. The first kappa shape index (κ1) is 12.4. The Labute approximate surface area is 90.7 Å². The summed E-state index contributed by atoms with van der Waals surface area (Å²) in [6, 6.07) is 0.444. The van der Waals surface area contributed by atoms with E-state index in [-0.39, 0.29) is 12.5 Å². The molecule has 0 spiro atoms. The summed E-state index contributed by atoms with van der Waals surface area (Å²) in [6.07, 6.45) is 1.33. The number of carbonyl (C=O) groups excluding carboxylic acids is 1. The number of ether oxygens (including phenoxy) is 2. The van der Waals surface area contributed by atoms with E-state index in [1.165, 1.54) is 7.11 Å². The molecule has 0 amide bonds. The van der Waals surface area contributed by atoms with Crippen LogP contribution in [0.5, 0.6) is 0 Å². The van der Waals surface area contributed by atoms with Gasteiger partial charge in [-0.2, -0.15) is 0 Å². The lowest BCUT2D eigenvalue weighted by atomic mass is 10.2. The van der Waals surface area contributed by atoms with Gasteiger partial charge in [0.15, 0.2) is 0 Å². The van der Waals surface area contributed by atoms with Crippen LogP contribution in [0.15, 0.2) is 0 Å². The Morgan fingerprint density at radius 1 is 1.53 bits per heavy atom. The van der Waals surface area contributed by atoms with Crippen molar-refractivity contribution in [3.8, 4) is 0 Å². The zero-order valence-corrected chi connectivity index (χ0v) is 9.66. The van der Waals surface area contributed by atoms with Crippen molar-refractivity contribution in [2.45, 2.75) is 18.6 Å². The molecular weight excluding hydrogens is 196 g/mol. The summed E-state index contributed by atoms with van der Waals surface area (Å²) in [6.45, 7) is 2.03. The number of esters is 1. The largest absolute Gasteiger partial charge is 0.468 e. The fraction of sp³-hybridized carbons (Fsp3) is 0.900. The van der Waals surface area contributed by atoms with Crippen LogP contribution in [-0.2, 0) is 14.3 Å². The average Bonchev–Trinajstić information content (AvgIpc) is 2.59. The molecule has 1 fully saturated rings. The molecule has 2 unspecified atom stereocenters. The maximum absolute atomic E-state index is 10.9. The van der Waals surface area contributed by atoms with E-state index in [0.717, 1.165) is 19.5 Å². The van der Waals surface area contributed by atoms with Gasteiger partial charge in [-0.15, -0.1) is 0 Å². The summed E-state index contributed by atoms with van der Waals surface area (Å²) in [7, 11) is 5.21. The first-order valence-corrected chi connectivity index (χ1v) is 5.18. The lowest BCUT2D eigenvalue weighted by Crippen LogP contribution is -2.37. The molecule has 1 aliphatic heterocycles. The fourth-order valence-corrected chi connectivity index (χ4v) is 1.85. The van der Waals surface area contributed by atoms with Gasteiger partial charge in [-0.1, -0.05) is 0 Å². The molecule has 2 atom stereocenters. The van der Waals surface area contributed by atoms with Gasteiger partial charge in [0.25, 0.3) is 0 Å². The summed E-state index contributed by atoms with van der Waals surface area (Å²) in [4.78, 5) is 13.1. The van der Waals surface area contributed by atoms with Gasteiger partial charge in [-0.3, -0.25) is 9.69 Å². The summed E-state index contributed by atoms with van der Waals surface area (Å²) < 4.78 is 9.84. The third-order valence-corrected chi connectivity index (χ3v) is 2.86. The highest BCUT2D eigenvalue weighted by atomic mass is 16.5. The molecule has 0 saturated carbocycles. The lowest BCUT2D eigenvalue weighted by Gasteiger charge is -2.18. The van der Waals surface area contributed by atoms with Crippen molar-refractivity contribution >= 4 is 5.97 Å². The average molecular weight is 216 g/mol. The molecule has 0 bridgehead atoms. The number of likely N-dealkylation sites (N-methyl/N-ethyl adjacent to an activating group) is 1. The second kappa shape index (κ2) is 6.05. The summed E-state index contributed by atoms with van der Waals surface area (Å²) >= 11 is 0. The lowest BCUT2D eigenvalue weighted by molar-refractivity contribution is -0.139. The van der Waals surface area contributed by atoms with Crippen LogP contribution in [-0.4, -0.2) is 63.9 Å². The Balaban J connectivity index is 2.19. The van der Waals surface area contributed by atoms with E-state index in [0.29, 0.717) is 12.1 Å². The molecule has 1 N–H and O–H groups in total. The van der Waals surface area contributed by atoms with Gasteiger partial charge < -0.3 is 14.8 Å². The molecule has 1 saturated heterocycles. The van der Waals surface area contributed by atoms with Crippen LogP contribution in [0.2, 0.25) is 0 Å². The molecule has 5 heteroatoms. The van der Waals surface area contributed by atoms with Crippen LogP contribution in [0.1, 0.15) is 6.42 Å². The number of nitrogens with one attached hydrogen (secondary N) is 1. The minimum absolute atomic E-state index is 0.223. The molecule has 0 aromatic rings. The minimum Gasteiger partial charge on any atom is -0.468 e. The first-order valence-electron chi connectivity index (χ1n) is 5.18. The van der Waals surface area contributed by atoms with Crippen molar-refractivity contribution in [2.75, 3.05) is 40.9 Å². The highest BCUT2D eigenvalue weighted by Gasteiger charge is 2.28. The molecule has 5 nitrogen and oxygen atoms in total. The van der Waals surface area contributed by atoms with E-state index in [1.54, 1.807) is 7.11 Å². The number of rotatable bonds is 5. The first-order chi connectivity index (χ1) is 7.17. The van der Waals surface area contributed by atoms with Gasteiger partial charge >= 0.3 is 5.97 Å². The van der Waals surface area contributed by atoms with Crippen LogP contribution in [0, 0.1) is 0 Å². The predicted molar refractivity (Wildman–Crippen MR) is 56.7 cm³/mol. The van der Waals surface area contributed by atoms with Gasteiger partial charge in [0, 0.05) is 26.2 Å². The second-order valence-electron chi connectivity index (χ2n) is 3.89. The Morgan fingerprint density at radius 2 is 2.27 bits per heavy atom. The SMILES string of the molecule is COC(=O)CNCC1CC(OC)CN1C. The van der Waals surface area contributed by atoms with E-state index in [2.05, 4.69) is 22.0 Å². The smallest absolute Gasteiger partial charge is 0.319 e. The third kappa shape index (κ3) is 3.77. The van der Waals surface area contributed by atoms with Crippen LogP contribution in [0.4, 0.5) is 0 Å². The molecular formula is C10H20N2O3. The van der Waals surface area contributed by atoms with E-state index in [9.17, 15) is 4.79 Å². The number of hydrogen-bond acceptors (Lipinski definition) is 5. The van der Waals surface area contributed by atoms with Crippen molar-refractivity contribution in [2.24, 2.45) is 0 Å². The highest BCUT2D eigenvalue weighted by molar-refractivity contribution is 5.71. The van der Waals surface area contributed by atoms with Crippen molar-refractivity contribution in [1.29, 1.82) is 0 Å². The Kier molecular flexibility index (Phi) is 5.01. The van der Waals surface area contributed by atoms with Crippen molar-refractivity contribution in [3.63, 3.8) is 0 Å². The molecule has 88 valence electrons. The number of nitrogens with zero attached hydrogens (tertiary/aromatic N) is 1. The van der Waals surface area contributed by atoms with Gasteiger partial charge in [-0.05, 0) is 13.5 Å². The molecule has 0 radical (unpaired) electrons. The van der Waals surface area contributed by atoms with Crippen molar-refractivity contribution in [3.05, 3.63) is 0 Å². The maximum atomic E-state index is 10.9.